The van der Waals surface area contributed by atoms with Gasteiger partial charge in [0.1, 0.15) is 17.8 Å². The lowest BCUT2D eigenvalue weighted by molar-refractivity contribution is -0.118. The van der Waals surface area contributed by atoms with Crippen LogP contribution >= 0.6 is 7.82 Å². The van der Waals surface area contributed by atoms with Gasteiger partial charge in [0.2, 0.25) is 0 Å². The number of nitrogens with one attached hydrogen (secondary N) is 1. The van der Waals surface area contributed by atoms with E-state index in [9.17, 15) is 9.36 Å². The summed E-state index contributed by atoms with van der Waals surface area (Å²) in [4.78, 5) is 13.5. The first kappa shape index (κ1) is 19.2. The molecule has 1 N–H and O–H groups in total. The Morgan fingerprint density at radius 3 is 3.00 bits per heavy atom. The molecule has 1 aromatic rings. The van der Waals surface area contributed by atoms with Crippen molar-refractivity contribution >= 4 is 13.7 Å². The Bertz CT molecular complexity index is 898. The third-order valence-corrected chi connectivity index (χ3v) is 6.27. The first-order valence-electron chi connectivity index (χ1n) is 9.14. The maximum atomic E-state index is 12.8. The highest BCUT2D eigenvalue weighted by Gasteiger charge is 2.38. The number of nitrogens with zero attached hydrogens (tertiary/aromatic N) is 1. The lowest BCUT2D eigenvalue weighted by atomic mass is 10.1. The van der Waals surface area contributed by atoms with E-state index in [-0.39, 0.29) is 31.5 Å². The van der Waals surface area contributed by atoms with Crippen LogP contribution in [0.25, 0.3) is 0 Å². The molecule has 8 nitrogen and oxygen atoms in total. The van der Waals surface area contributed by atoms with Gasteiger partial charge in [-0.05, 0) is 32.3 Å². The molecule has 0 aliphatic carbocycles. The molecular weight excluding hydrogens is 383 g/mol. The van der Waals surface area contributed by atoms with E-state index >= 15 is 0 Å². The normalized spacial score (nSPS) is 29.8. The zero-order chi connectivity index (χ0) is 19.9. The number of aryl methyl sites for hydroxylation is 1. The fourth-order valence-electron chi connectivity index (χ4n) is 3.39. The second-order valence-corrected chi connectivity index (χ2v) is 8.67. The number of phosphoric ester groups is 1. The quantitative estimate of drug-likeness (QED) is 0.768. The van der Waals surface area contributed by atoms with Gasteiger partial charge in [0.05, 0.1) is 19.3 Å². The third-order valence-electron chi connectivity index (χ3n) is 4.95. The summed E-state index contributed by atoms with van der Waals surface area (Å²) < 4.78 is 35.3. The van der Waals surface area contributed by atoms with Crippen molar-refractivity contribution in [1.82, 2.24) is 10.2 Å². The number of amides is 1. The standard InChI is InChI=1S/C19H23N2O6P/c1-12-5-4-6-15-10-24-28(23,27-18(12)15)25-11-16-7-8-17(26-16)21-9-13(2)19(22)20-14(21)3/h4-6,9,16-17H,3,7-8,10-11H2,1-2H3,(H,20,22). The van der Waals surface area contributed by atoms with Crippen LogP contribution in [0.4, 0.5) is 0 Å². The van der Waals surface area contributed by atoms with Crippen LogP contribution in [-0.4, -0.2) is 29.7 Å². The van der Waals surface area contributed by atoms with Gasteiger partial charge in [-0.2, -0.15) is 0 Å². The molecule has 0 spiro atoms. The van der Waals surface area contributed by atoms with E-state index in [1.807, 2.05) is 25.1 Å². The Hall–Kier alpha value is -2.12. The monoisotopic (exact) mass is 406 g/mol. The van der Waals surface area contributed by atoms with Crippen molar-refractivity contribution in [3.63, 3.8) is 0 Å². The minimum Gasteiger partial charge on any atom is -0.403 e. The van der Waals surface area contributed by atoms with E-state index in [4.69, 9.17) is 18.3 Å². The number of rotatable bonds is 4. The molecule has 0 radical (unpaired) electrons. The van der Waals surface area contributed by atoms with Crippen molar-refractivity contribution < 1.29 is 27.7 Å². The predicted molar refractivity (Wildman–Crippen MR) is 101 cm³/mol. The van der Waals surface area contributed by atoms with E-state index < -0.39 is 7.82 Å². The number of phosphoric acid groups is 1. The molecule has 3 atom stereocenters. The summed E-state index contributed by atoms with van der Waals surface area (Å²) in [7, 11) is -3.69. The highest BCUT2D eigenvalue weighted by atomic mass is 31.2. The molecule has 3 aliphatic rings. The minimum absolute atomic E-state index is 0.0877. The number of benzene rings is 1. The van der Waals surface area contributed by atoms with Gasteiger partial charge < -0.3 is 19.5 Å². The number of hydrogen-bond donors (Lipinski definition) is 1. The molecule has 0 bridgehead atoms. The summed E-state index contributed by atoms with van der Waals surface area (Å²) in [6, 6.07) is 5.66. The van der Waals surface area contributed by atoms with Crippen LogP contribution in [0.5, 0.6) is 5.75 Å². The predicted octanol–water partition coefficient (Wildman–Crippen LogP) is 3.34. The summed E-state index contributed by atoms with van der Waals surface area (Å²) in [5.41, 5.74) is 2.31. The van der Waals surface area contributed by atoms with Crippen molar-refractivity contribution in [2.45, 2.75) is 45.6 Å². The van der Waals surface area contributed by atoms with Gasteiger partial charge >= 0.3 is 7.82 Å². The highest BCUT2D eigenvalue weighted by molar-refractivity contribution is 7.49. The zero-order valence-corrected chi connectivity index (χ0v) is 16.7. The van der Waals surface area contributed by atoms with E-state index in [1.165, 1.54) is 0 Å². The second kappa shape index (κ2) is 7.37. The van der Waals surface area contributed by atoms with E-state index in [0.29, 0.717) is 23.6 Å². The number of ether oxygens (including phenoxy) is 1. The van der Waals surface area contributed by atoms with Crippen LogP contribution in [0.15, 0.2) is 42.4 Å². The molecule has 1 amide bonds. The lowest BCUT2D eigenvalue weighted by Crippen LogP contribution is -2.42. The van der Waals surface area contributed by atoms with E-state index in [1.54, 1.807) is 18.0 Å². The van der Waals surface area contributed by atoms with Crippen molar-refractivity contribution in [3.05, 3.63) is 53.5 Å². The van der Waals surface area contributed by atoms with Gasteiger partial charge in [0.25, 0.3) is 5.91 Å². The Kier molecular flexibility index (Phi) is 5.05. The van der Waals surface area contributed by atoms with Gasteiger partial charge in [-0.3, -0.25) is 13.8 Å². The van der Waals surface area contributed by atoms with Gasteiger partial charge in [-0.25, -0.2) is 4.57 Å². The molecule has 1 fully saturated rings. The summed E-state index contributed by atoms with van der Waals surface area (Å²) in [6.45, 7) is 7.75. The molecule has 28 heavy (non-hydrogen) atoms. The van der Waals surface area contributed by atoms with E-state index in [2.05, 4.69) is 11.9 Å². The van der Waals surface area contributed by atoms with Crippen LogP contribution in [0, 0.1) is 6.92 Å². The molecular formula is C19H23N2O6P. The van der Waals surface area contributed by atoms with Crippen LogP contribution in [0.2, 0.25) is 0 Å². The zero-order valence-electron chi connectivity index (χ0n) is 15.8. The Morgan fingerprint density at radius 2 is 2.18 bits per heavy atom. The molecule has 4 rings (SSSR count). The topological polar surface area (TPSA) is 86.3 Å². The molecule has 3 unspecified atom stereocenters. The molecule has 150 valence electrons. The number of carbonyl (C=O) groups excluding carboxylic acids is 1. The van der Waals surface area contributed by atoms with Crippen LogP contribution in [0.1, 0.15) is 30.9 Å². The molecule has 0 saturated carbocycles. The number of fused-ring (bicyclic) bond motifs is 1. The average molecular weight is 406 g/mol. The van der Waals surface area contributed by atoms with Gasteiger partial charge in [0, 0.05) is 17.3 Å². The van der Waals surface area contributed by atoms with E-state index in [0.717, 1.165) is 17.5 Å². The smallest absolute Gasteiger partial charge is 0.403 e. The molecule has 1 aromatic carbocycles. The first-order valence-corrected chi connectivity index (χ1v) is 10.6. The van der Waals surface area contributed by atoms with Crippen molar-refractivity contribution in [3.8, 4) is 5.75 Å². The lowest BCUT2D eigenvalue weighted by Gasteiger charge is -2.32. The first-order chi connectivity index (χ1) is 13.3. The van der Waals surface area contributed by atoms with Gasteiger partial charge in [0.15, 0.2) is 0 Å². The minimum atomic E-state index is -3.69. The number of hydrogen-bond acceptors (Lipinski definition) is 7. The number of carbonyl (C=O) groups is 1. The molecule has 9 heteroatoms. The summed E-state index contributed by atoms with van der Waals surface area (Å²) in [6.07, 6.45) is 2.63. The summed E-state index contributed by atoms with van der Waals surface area (Å²) in [5, 5.41) is 2.70. The maximum Gasteiger partial charge on any atom is 0.530 e. The average Bonchev–Trinajstić information content (AvgIpc) is 3.13. The SMILES string of the molecule is C=C1NC(=O)C(C)=CN1C1CCC(COP2(=O)OCc3cccc(C)c3O2)O1. The second-order valence-electron chi connectivity index (χ2n) is 7.08. The maximum absolute atomic E-state index is 12.8. The van der Waals surface area contributed by atoms with Crippen molar-refractivity contribution in [2.75, 3.05) is 6.61 Å². The molecule has 0 aromatic heterocycles. The Morgan fingerprint density at radius 1 is 1.36 bits per heavy atom. The van der Waals surface area contributed by atoms with Gasteiger partial charge in [-0.1, -0.05) is 24.8 Å². The molecule has 1 saturated heterocycles. The summed E-state index contributed by atoms with van der Waals surface area (Å²) in [5.74, 6) is 0.865. The third kappa shape index (κ3) is 3.73. The molecule has 3 aliphatic heterocycles. The molecule has 3 heterocycles. The van der Waals surface area contributed by atoms with Crippen LogP contribution in [0.3, 0.4) is 0 Å². The fraction of sp³-hybridized carbons (Fsp3) is 0.421. The van der Waals surface area contributed by atoms with Crippen LogP contribution < -0.4 is 9.84 Å². The summed E-state index contributed by atoms with van der Waals surface area (Å²) >= 11 is 0. The highest BCUT2D eigenvalue weighted by Crippen LogP contribution is 2.55. The van der Waals surface area contributed by atoms with Crippen molar-refractivity contribution in [1.29, 1.82) is 0 Å². The van der Waals surface area contributed by atoms with Crippen molar-refractivity contribution in [2.24, 2.45) is 0 Å². The number of para-hydroxylation sites is 1. The van der Waals surface area contributed by atoms with Crippen LogP contribution in [-0.2, 0) is 29.8 Å². The Balaban J connectivity index is 1.35. The Labute approximate surface area is 163 Å². The largest absolute Gasteiger partial charge is 0.530 e. The van der Waals surface area contributed by atoms with Gasteiger partial charge in [-0.15, -0.1) is 0 Å². The fourth-order valence-corrected chi connectivity index (χ4v) is 4.70.